The lowest BCUT2D eigenvalue weighted by molar-refractivity contribution is -0.119. The number of unbranched alkanes of at least 4 members (excludes halogenated alkanes) is 4. The molecule has 0 heterocycles. The Kier molecular flexibility index (Phi) is 8.14. The van der Waals surface area contributed by atoms with E-state index in [9.17, 15) is 9.59 Å². The fraction of sp³-hybridized carbons (Fsp3) is 0.438. The second kappa shape index (κ2) is 9.89. The van der Waals surface area contributed by atoms with Gasteiger partial charge in [0.2, 0.25) is 5.91 Å². The monoisotopic (exact) mass is 321 g/mol. The van der Waals surface area contributed by atoms with Crippen LogP contribution >= 0.6 is 12.2 Å². The van der Waals surface area contributed by atoms with Gasteiger partial charge < -0.3 is 16.4 Å². The highest BCUT2D eigenvalue weighted by Gasteiger charge is 2.10. The van der Waals surface area contributed by atoms with E-state index in [-0.39, 0.29) is 11.0 Å². The Balaban J connectivity index is 2.40. The van der Waals surface area contributed by atoms with E-state index in [2.05, 4.69) is 17.6 Å². The molecular formula is C16H23N3O2S. The van der Waals surface area contributed by atoms with Crippen LogP contribution in [0.2, 0.25) is 0 Å². The highest BCUT2D eigenvalue weighted by atomic mass is 32.1. The summed E-state index contributed by atoms with van der Waals surface area (Å²) in [5.41, 5.74) is 6.11. The number of nitrogens with two attached hydrogens (primary N) is 1. The van der Waals surface area contributed by atoms with Gasteiger partial charge in [-0.05, 0) is 30.8 Å². The summed E-state index contributed by atoms with van der Waals surface area (Å²) in [6.07, 6.45) is 5.88. The van der Waals surface area contributed by atoms with Crippen LogP contribution in [0.5, 0.6) is 0 Å². The van der Waals surface area contributed by atoms with E-state index >= 15 is 0 Å². The summed E-state index contributed by atoms with van der Waals surface area (Å²) >= 11 is 5.08. The molecule has 0 radical (unpaired) electrons. The predicted octanol–water partition coefficient (Wildman–Crippen LogP) is 2.96. The fourth-order valence-corrected chi connectivity index (χ4v) is 2.26. The molecule has 6 heteroatoms. The van der Waals surface area contributed by atoms with Gasteiger partial charge in [-0.2, -0.15) is 0 Å². The number of hydrogen-bond acceptors (Lipinski definition) is 3. The molecule has 0 saturated heterocycles. The second-order valence-corrected chi connectivity index (χ2v) is 5.48. The predicted molar refractivity (Wildman–Crippen MR) is 92.7 cm³/mol. The Morgan fingerprint density at radius 3 is 2.50 bits per heavy atom. The van der Waals surface area contributed by atoms with Crippen molar-refractivity contribution in [3.63, 3.8) is 0 Å². The number of benzene rings is 1. The zero-order valence-electron chi connectivity index (χ0n) is 12.9. The molecule has 0 spiro atoms. The van der Waals surface area contributed by atoms with E-state index in [1.807, 2.05) is 0 Å². The smallest absolute Gasteiger partial charge is 0.250 e. The van der Waals surface area contributed by atoms with Crippen molar-refractivity contribution in [3.8, 4) is 0 Å². The number of primary amides is 1. The number of carbonyl (C=O) groups excluding carboxylic acids is 2. The molecule has 4 N–H and O–H groups in total. The quantitative estimate of drug-likeness (QED) is 0.508. The van der Waals surface area contributed by atoms with E-state index in [1.54, 1.807) is 24.3 Å². The summed E-state index contributed by atoms with van der Waals surface area (Å²) in [7, 11) is 0. The molecule has 0 bridgehead atoms. The van der Waals surface area contributed by atoms with Gasteiger partial charge >= 0.3 is 0 Å². The first-order chi connectivity index (χ1) is 10.5. The van der Waals surface area contributed by atoms with Gasteiger partial charge in [0.25, 0.3) is 5.91 Å². The van der Waals surface area contributed by atoms with Crippen LogP contribution in [-0.4, -0.2) is 16.9 Å². The van der Waals surface area contributed by atoms with Crippen LogP contribution in [0.15, 0.2) is 24.3 Å². The van der Waals surface area contributed by atoms with E-state index in [0.717, 1.165) is 19.3 Å². The molecular weight excluding hydrogens is 298 g/mol. The Bertz CT molecular complexity index is 532. The zero-order valence-corrected chi connectivity index (χ0v) is 13.7. The van der Waals surface area contributed by atoms with Gasteiger partial charge in [0.15, 0.2) is 5.11 Å². The van der Waals surface area contributed by atoms with Gasteiger partial charge in [0, 0.05) is 6.42 Å². The molecule has 0 fully saturated rings. The van der Waals surface area contributed by atoms with Gasteiger partial charge in [0.05, 0.1) is 11.3 Å². The van der Waals surface area contributed by atoms with Crippen molar-refractivity contribution in [2.75, 3.05) is 5.32 Å². The Morgan fingerprint density at radius 1 is 1.14 bits per heavy atom. The number of hydrogen-bond donors (Lipinski definition) is 3. The first-order valence-electron chi connectivity index (χ1n) is 7.54. The third kappa shape index (κ3) is 6.67. The van der Waals surface area contributed by atoms with Crippen molar-refractivity contribution in [3.05, 3.63) is 29.8 Å². The van der Waals surface area contributed by atoms with Crippen molar-refractivity contribution >= 4 is 34.8 Å². The minimum atomic E-state index is -0.548. The normalized spacial score (nSPS) is 10.0. The number of amides is 2. The van der Waals surface area contributed by atoms with E-state index in [1.165, 1.54) is 12.8 Å². The summed E-state index contributed by atoms with van der Waals surface area (Å²) in [5, 5.41) is 5.62. The summed E-state index contributed by atoms with van der Waals surface area (Å²) in [5.74, 6) is -0.668. The number of carbonyl (C=O) groups is 2. The molecule has 1 aromatic rings. The second-order valence-electron chi connectivity index (χ2n) is 5.08. The van der Waals surface area contributed by atoms with Crippen LogP contribution in [0, 0.1) is 0 Å². The van der Waals surface area contributed by atoms with E-state index in [4.69, 9.17) is 18.0 Å². The number of rotatable bonds is 8. The molecule has 0 aliphatic carbocycles. The third-order valence-electron chi connectivity index (χ3n) is 3.20. The van der Waals surface area contributed by atoms with Crippen LogP contribution in [0.1, 0.15) is 55.8 Å². The Morgan fingerprint density at radius 2 is 1.82 bits per heavy atom. The molecule has 0 atom stereocenters. The third-order valence-corrected chi connectivity index (χ3v) is 3.41. The summed E-state index contributed by atoms with van der Waals surface area (Å²) in [6, 6.07) is 6.75. The molecule has 0 aromatic heterocycles. The van der Waals surface area contributed by atoms with Crippen LogP contribution in [0.4, 0.5) is 5.69 Å². The van der Waals surface area contributed by atoms with Gasteiger partial charge in [-0.1, -0.05) is 44.7 Å². The Hall–Kier alpha value is -1.95. The van der Waals surface area contributed by atoms with Crippen LogP contribution in [0.3, 0.4) is 0 Å². The lowest BCUT2D eigenvalue weighted by Crippen LogP contribution is -2.34. The van der Waals surface area contributed by atoms with Crippen molar-refractivity contribution in [1.29, 1.82) is 0 Å². The van der Waals surface area contributed by atoms with Gasteiger partial charge in [-0.3, -0.25) is 9.59 Å². The van der Waals surface area contributed by atoms with Crippen LogP contribution in [-0.2, 0) is 4.79 Å². The summed E-state index contributed by atoms with van der Waals surface area (Å²) in [4.78, 5) is 23.1. The van der Waals surface area contributed by atoms with Crippen molar-refractivity contribution in [1.82, 2.24) is 5.32 Å². The van der Waals surface area contributed by atoms with Crippen molar-refractivity contribution in [2.24, 2.45) is 5.73 Å². The molecule has 5 nitrogen and oxygen atoms in total. The average molecular weight is 321 g/mol. The molecule has 120 valence electrons. The number of anilines is 1. The largest absolute Gasteiger partial charge is 0.366 e. The Labute approximate surface area is 136 Å². The number of nitrogens with one attached hydrogen (secondary N) is 2. The molecule has 22 heavy (non-hydrogen) atoms. The minimum absolute atomic E-state index is 0.120. The average Bonchev–Trinajstić information content (AvgIpc) is 2.47. The molecule has 0 unspecified atom stereocenters. The number of thiocarbonyl (C=S) groups is 1. The summed E-state index contributed by atoms with van der Waals surface area (Å²) < 4.78 is 0. The maximum Gasteiger partial charge on any atom is 0.250 e. The number of para-hydroxylation sites is 1. The minimum Gasteiger partial charge on any atom is -0.366 e. The van der Waals surface area contributed by atoms with Crippen LogP contribution in [0.25, 0.3) is 0 Å². The molecule has 0 aliphatic heterocycles. The summed E-state index contributed by atoms with van der Waals surface area (Å²) in [6.45, 7) is 2.15. The molecule has 0 saturated carbocycles. The lowest BCUT2D eigenvalue weighted by atomic mass is 10.1. The van der Waals surface area contributed by atoms with Gasteiger partial charge in [-0.25, -0.2) is 0 Å². The topological polar surface area (TPSA) is 84.2 Å². The van der Waals surface area contributed by atoms with Crippen molar-refractivity contribution in [2.45, 2.75) is 45.4 Å². The maximum atomic E-state index is 11.8. The van der Waals surface area contributed by atoms with Crippen molar-refractivity contribution < 1.29 is 9.59 Å². The van der Waals surface area contributed by atoms with Gasteiger partial charge in [0.1, 0.15) is 0 Å². The molecule has 1 rings (SSSR count). The van der Waals surface area contributed by atoms with E-state index in [0.29, 0.717) is 17.7 Å². The molecule has 1 aromatic carbocycles. The molecule has 0 aliphatic rings. The van der Waals surface area contributed by atoms with Gasteiger partial charge in [-0.15, -0.1) is 0 Å². The first kappa shape index (κ1) is 18.1. The van der Waals surface area contributed by atoms with E-state index < -0.39 is 5.91 Å². The lowest BCUT2D eigenvalue weighted by Gasteiger charge is -2.11. The van der Waals surface area contributed by atoms with Crippen LogP contribution < -0.4 is 16.4 Å². The molecule has 2 amide bonds. The standard InChI is InChI=1S/C16H23N3O2S/c1-2-3-4-5-6-11-14(20)19-16(22)18-13-10-8-7-9-12(13)15(17)21/h7-10H,2-6,11H2,1H3,(H2,17,21)(H2,18,19,20,22). The maximum absolute atomic E-state index is 11.8. The SMILES string of the molecule is CCCCCCCC(=O)NC(=S)Nc1ccccc1C(N)=O. The first-order valence-corrected chi connectivity index (χ1v) is 7.95. The highest BCUT2D eigenvalue weighted by Crippen LogP contribution is 2.14. The highest BCUT2D eigenvalue weighted by molar-refractivity contribution is 7.80. The zero-order chi connectivity index (χ0) is 16.4. The fourth-order valence-electron chi connectivity index (χ4n) is 2.04.